The zero-order valence-corrected chi connectivity index (χ0v) is 11.5. The van der Waals surface area contributed by atoms with E-state index in [4.69, 9.17) is 9.84 Å². The molecule has 1 aliphatic carbocycles. The van der Waals surface area contributed by atoms with Gasteiger partial charge in [-0.05, 0) is 32.6 Å². The molecule has 0 bridgehead atoms. The molecule has 0 aromatic heterocycles. The molecule has 1 heterocycles. The summed E-state index contributed by atoms with van der Waals surface area (Å²) >= 11 is 0. The highest BCUT2D eigenvalue weighted by atomic mass is 16.5. The van der Waals surface area contributed by atoms with Gasteiger partial charge in [0.05, 0.1) is 12.5 Å². The number of carbonyl (C=O) groups is 2. The van der Waals surface area contributed by atoms with Crippen LogP contribution in [-0.2, 0) is 14.3 Å². The maximum absolute atomic E-state index is 12.4. The first-order chi connectivity index (χ1) is 9.11. The van der Waals surface area contributed by atoms with Crippen molar-refractivity contribution in [3.63, 3.8) is 0 Å². The number of carboxylic acid groups (broad SMARTS) is 1. The van der Waals surface area contributed by atoms with Crippen LogP contribution in [0, 0.1) is 17.8 Å². The van der Waals surface area contributed by atoms with Gasteiger partial charge < -0.3 is 14.7 Å². The largest absolute Gasteiger partial charge is 0.481 e. The molecule has 5 nitrogen and oxygen atoms in total. The van der Waals surface area contributed by atoms with Crippen molar-refractivity contribution in [1.82, 2.24) is 4.90 Å². The summed E-state index contributed by atoms with van der Waals surface area (Å²) in [5, 5.41) is 9.00. The first-order valence-corrected chi connectivity index (χ1v) is 7.21. The average Bonchev–Trinajstić information content (AvgIpc) is 3.06. The molecule has 3 atom stereocenters. The van der Waals surface area contributed by atoms with E-state index in [1.165, 1.54) is 0 Å². The molecule has 1 N–H and O–H groups in total. The number of carbonyl (C=O) groups excluding carboxylic acids is 1. The van der Waals surface area contributed by atoms with Crippen molar-refractivity contribution in [3.05, 3.63) is 0 Å². The normalized spacial score (nSPS) is 30.5. The predicted octanol–water partition coefficient (Wildman–Crippen LogP) is 1.37. The minimum Gasteiger partial charge on any atom is -0.481 e. The molecule has 1 aliphatic heterocycles. The van der Waals surface area contributed by atoms with E-state index in [0.29, 0.717) is 31.7 Å². The van der Waals surface area contributed by atoms with Crippen LogP contribution in [0.15, 0.2) is 0 Å². The fourth-order valence-corrected chi connectivity index (χ4v) is 3.10. The SMILES string of the molecule is CCN(CC1CCOC1)C(=O)[C@@H]1CC[C@H](C(=O)O)C1. The Labute approximate surface area is 113 Å². The summed E-state index contributed by atoms with van der Waals surface area (Å²) in [7, 11) is 0. The van der Waals surface area contributed by atoms with E-state index in [-0.39, 0.29) is 17.7 Å². The fourth-order valence-electron chi connectivity index (χ4n) is 3.10. The smallest absolute Gasteiger partial charge is 0.306 e. The van der Waals surface area contributed by atoms with Gasteiger partial charge in [-0.25, -0.2) is 0 Å². The Balaban J connectivity index is 1.87. The third kappa shape index (κ3) is 3.47. The van der Waals surface area contributed by atoms with Crippen molar-refractivity contribution in [2.75, 3.05) is 26.3 Å². The Hall–Kier alpha value is -1.10. The second-order valence-corrected chi connectivity index (χ2v) is 5.65. The van der Waals surface area contributed by atoms with Gasteiger partial charge >= 0.3 is 5.97 Å². The van der Waals surface area contributed by atoms with Gasteiger partial charge in [-0.3, -0.25) is 9.59 Å². The first-order valence-electron chi connectivity index (χ1n) is 7.21. The molecule has 2 aliphatic rings. The first kappa shape index (κ1) is 14.3. The molecule has 108 valence electrons. The second kappa shape index (κ2) is 6.37. The number of hydrogen-bond donors (Lipinski definition) is 1. The second-order valence-electron chi connectivity index (χ2n) is 5.65. The van der Waals surface area contributed by atoms with Gasteiger partial charge in [-0.2, -0.15) is 0 Å². The van der Waals surface area contributed by atoms with Crippen LogP contribution >= 0.6 is 0 Å². The summed E-state index contributed by atoms with van der Waals surface area (Å²) in [6, 6.07) is 0. The zero-order valence-electron chi connectivity index (χ0n) is 11.5. The third-order valence-electron chi connectivity index (χ3n) is 4.33. The molecule has 5 heteroatoms. The summed E-state index contributed by atoms with van der Waals surface area (Å²) < 4.78 is 5.34. The predicted molar refractivity (Wildman–Crippen MR) is 69.6 cm³/mol. The van der Waals surface area contributed by atoms with Crippen LogP contribution in [0.1, 0.15) is 32.6 Å². The number of rotatable bonds is 5. The molecule has 1 saturated carbocycles. The van der Waals surface area contributed by atoms with Crippen LogP contribution in [0.2, 0.25) is 0 Å². The van der Waals surface area contributed by atoms with Gasteiger partial charge in [0.2, 0.25) is 5.91 Å². The zero-order chi connectivity index (χ0) is 13.8. The molecule has 19 heavy (non-hydrogen) atoms. The number of amides is 1. The Morgan fingerprint density at radius 2 is 2.00 bits per heavy atom. The number of hydrogen-bond acceptors (Lipinski definition) is 3. The summed E-state index contributed by atoms with van der Waals surface area (Å²) in [6.07, 6.45) is 2.88. The lowest BCUT2D eigenvalue weighted by molar-refractivity contribution is -0.141. The van der Waals surface area contributed by atoms with Crippen LogP contribution in [0.5, 0.6) is 0 Å². The van der Waals surface area contributed by atoms with Gasteiger partial charge in [-0.1, -0.05) is 0 Å². The molecule has 0 aromatic carbocycles. The molecular weight excluding hydrogens is 246 g/mol. The van der Waals surface area contributed by atoms with Gasteiger partial charge in [0.15, 0.2) is 0 Å². The minimum atomic E-state index is -0.762. The van der Waals surface area contributed by atoms with E-state index in [1.807, 2.05) is 11.8 Å². The monoisotopic (exact) mass is 269 g/mol. The van der Waals surface area contributed by atoms with E-state index in [1.54, 1.807) is 0 Å². The van der Waals surface area contributed by atoms with Crippen LogP contribution in [0.3, 0.4) is 0 Å². The van der Waals surface area contributed by atoms with Crippen molar-refractivity contribution < 1.29 is 19.4 Å². The number of aliphatic carboxylic acids is 1. The van der Waals surface area contributed by atoms with E-state index in [9.17, 15) is 9.59 Å². The Bertz CT molecular complexity index is 338. The number of nitrogens with zero attached hydrogens (tertiary/aromatic N) is 1. The Kier molecular flexibility index (Phi) is 4.80. The molecule has 0 aromatic rings. The Morgan fingerprint density at radius 1 is 1.26 bits per heavy atom. The highest BCUT2D eigenvalue weighted by Crippen LogP contribution is 2.32. The molecule has 1 saturated heterocycles. The van der Waals surface area contributed by atoms with Gasteiger partial charge in [-0.15, -0.1) is 0 Å². The maximum atomic E-state index is 12.4. The minimum absolute atomic E-state index is 0.0941. The topological polar surface area (TPSA) is 66.8 Å². The van der Waals surface area contributed by atoms with Crippen molar-refractivity contribution in [2.24, 2.45) is 17.8 Å². The molecule has 2 rings (SSSR count). The molecule has 1 unspecified atom stereocenters. The number of carboxylic acids is 1. The van der Waals surface area contributed by atoms with E-state index >= 15 is 0 Å². The molecule has 2 fully saturated rings. The third-order valence-corrected chi connectivity index (χ3v) is 4.33. The fraction of sp³-hybridized carbons (Fsp3) is 0.857. The lowest BCUT2D eigenvalue weighted by Crippen LogP contribution is -2.39. The van der Waals surface area contributed by atoms with Crippen molar-refractivity contribution in [2.45, 2.75) is 32.6 Å². The van der Waals surface area contributed by atoms with E-state index < -0.39 is 5.97 Å². The van der Waals surface area contributed by atoms with Crippen LogP contribution in [0.4, 0.5) is 0 Å². The standard InChI is InChI=1S/C14H23NO4/c1-2-15(8-10-5-6-19-9-10)13(16)11-3-4-12(7-11)14(17)18/h10-12H,2-9H2,1H3,(H,17,18)/t10?,11-,12+/m1/s1. The number of ether oxygens (including phenoxy) is 1. The molecule has 0 spiro atoms. The molecule has 0 radical (unpaired) electrons. The van der Waals surface area contributed by atoms with Crippen LogP contribution in [-0.4, -0.2) is 48.2 Å². The summed E-state index contributed by atoms with van der Waals surface area (Å²) in [5.74, 6) is -0.605. The van der Waals surface area contributed by atoms with Crippen LogP contribution in [0.25, 0.3) is 0 Å². The van der Waals surface area contributed by atoms with E-state index in [0.717, 1.165) is 26.2 Å². The van der Waals surface area contributed by atoms with Gasteiger partial charge in [0.1, 0.15) is 0 Å². The summed E-state index contributed by atoms with van der Waals surface area (Å²) in [4.78, 5) is 25.3. The summed E-state index contributed by atoms with van der Waals surface area (Å²) in [6.45, 7) is 4.97. The molecular formula is C14H23NO4. The van der Waals surface area contributed by atoms with E-state index in [2.05, 4.69) is 0 Å². The van der Waals surface area contributed by atoms with Crippen molar-refractivity contribution >= 4 is 11.9 Å². The quantitative estimate of drug-likeness (QED) is 0.818. The maximum Gasteiger partial charge on any atom is 0.306 e. The van der Waals surface area contributed by atoms with Gasteiger partial charge in [0, 0.05) is 31.5 Å². The summed E-state index contributed by atoms with van der Waals surface area (Å²) in [5.41, 5.74) is 0. The van der Waals surface area contributed by atoms with Crippen molar-refractivity contribution in [3.8, 4) is 0 Å². The van der Waals surface area contributed by atoms with Crippen molar-refractivity contribution in [1.29, 1.82) is 0 Å². The average molecular weight is 269 g/mol. The highest BCUT2D eigenvalue weighted by molar-refractivity contribution is 5.81. The lowest BCUT2D eigenvalue weighted by Gasteiger charge is -2.26. The van der Waals surface area contributed by atoms with Crippen LogP contribution < -0.4 is 0 Å². The lowest BCUT2D eigenvalue weighted by atomic mass is 10.0. The van der Waals surface area contributed by atoms with Gasteiger partial charge in [0.25, 0.3) is 0 Å². The highest BCUT2D eigenvalue weighted by Gasteiger charge is 2.36. The Morgan fingerprint density at radius 3 is 2.53 bits per heavy atom. The molecule has 1 amide bonds.